The molecule has 0 radical (unpaired) electrons. The maximum Gasteiger partial charge on any atom is 0.230 e. The molecule has 0 aromatic carbocycles. The Bertz CT molecular complexity index is 585. The van der Waals surface area contributed by atoms with E-state index in [0.29, 0.717) is 6.42 Å². The third kappa shape index (κ3) is 4.17. The number of amides is 1. The summed E-state index contributed by atoms with van der Waals surface area (Å²) >= 11 is 0. The van der Waals surface area contributed by atoms with E-state index in [9.17, 15) is 4.79 Å². The fraction of sp³-hybridized carbons (Fsp3) is 0.533. The smallest absolute Gasteiger partial charge is 0.230 e. The van der Waals surface area contributed by atoms with Crippen molar-refractivity contribution in [3.8, 4) is 0 Å². The van der Waals surface area contributed by atoms with Gasteiger partial charge < -0.3 is 10.2 Å². The number of nitrogens with one attached hydrogen (secondary N) is 2. The Morgan fingerprint density at radius 1 is 1.27 bits per heavy atom. The van der Waals surface area contributed by atoms with Crippen molar-refractivity contribution in [2.75, 3.05) is 25.0 Å². The van der Waals surface area contributed by atoms with Gasteiger partial charge in [0.1, 0.15) is 0 Å². The van der Waals surface area contributed by atoms with Crippen LogP contribution in [0.15, 0.2) is 24.7 Å². The van der Waals surface area contributed by atoms with Gasteiger partial charge in [-0.2, -0.15) is 10.2 Å². The molecule has 1 fully saturated rings. The van der Waals surface area contributed by atoms with Crippen LogP contribution < -0.4 is 5.32 Å². The molecule has 7 heteroatoms. The second kappa shape index (κ2) is 7.22. The standard InChI is InChI=1S/C15H22N6O/c22-15(10-13-4-5-16-19-13)18-14-11-17-21(12-14)9-8-20-6-2-1-3-7-20/h4-5,11-12H,1-3,6-10H2,(H,16,19)(H,18,22). The molecule has 3 rings (SSSR count). The summed E-state index contributed by atoms with van der Waals surface area (Å²) in [7, 11) is 0. The molecule has 0 unspecified atom stereocenters. The van der Waals surface area contributed by atoms with Gasteiger partial charge in [0, 0.05) is 24.6 Å². The van der Waals surface area contributed by atoms with Crippen LogP contribution in [0.2, 0.25) is 0 Å². The van der Waals surface area contributed by atoms with E-state index in [1.165, 1.54) is 32.4 Å². The van der Waals surface area contributed by atoms with E-state index in [2.05, 4.69) is 25.5 Å². The number of hydrogen-bond donors (Lipinski definition) is 2. The second-order valence-corrected chi connectivity index (χ2v) is 5.70. The van der Waals surface area contributed by atoms with Crippen LogP contribution in [0, 0.1) is 0 Å². The van der Waals surface area contributed by atoms with Crippen molar-refractivity contribution in [1.82, 2.24) is 24.9 Å². The molecule has 0 atom stereocenters. The molecule has 0 aliphatic carbocycles. The predicted molar refractivity (Wildman–Crippen MR) is 83.4 cm³/mol. The Hall–Kier alpha value is -2.15. The summed E-state index contributed by atoms with van der Waals surface area (Å²) in [5.41, 5.74) is 1.54. The summed E-state index contributed by atoms with van der Waals surface area (Å²) in [6.07, 6.45) is 9.46. The Kier molecular flexibility index (Phi) is 4.85. The Labute approximate surface area is 129 Å². The number of nitrogens with zero attached hydrogens (tertiary/aromatic N) is 4. The quantitative estimate of drug-likeness (QED) is 0.842. The highest BCUT2D eigenvalue weighted by molar-refractivity contribution is 5.91. The largest absolute Gasteiger partial charge is 0.323 e. The number of piperidine rings is 1. The second-order valence-electron chi connectivity index (χ2n) is 5.70. The van der Waals surface area contributed by atoms with Gasteiger partial charge in [-0.3, -0.25) is 14.6 Å². The van der Waals surface area contributed by atoms with Crippen molar-refractivity contribution in [2.24, 2.45) is 0 Å². The number of rotatable bonds is 6. The van der Waals surface area contributed by atoms with E-state index in [0.717, 1.165) is 24.5 Å². The highest BCUT2D eigenvalue weighted by Crippen LogP contribution is 2.10. The summed E-state index contributed by atoms with van der Waals surface area (Å²) in [4.78, 5) is 14.4. The van der Waals surface area contributed by atoms with Crippen molar-refractivity contribution in [2.45, 2.75) is 32.2 Å². The van der Waals surface area contributed by atoms with Crippen molar-refractivity contribution in [1.29, 1.82) is 0 Å². The minimum absolute atomic E-state index is 0.0696. The zero-order valence-electron chi connectivity index (χ0n) is 12.7. The molecule has 118 valence electrons. The van der Waals surface area contributed by atoms with Crippen molar-refractivity contribution >= 4 is 11.6 Å². The van der Waals surface area contributed by atoms with Crippen LogP contribution in [0.5, 0.6) is 0 Å². The van der Waals surface area contributed by atoms with Gasteiger partial charge in [0.05, 0.1) is 24.8 Å². The van der Waals surface area contributed by atoms with Crippen LogP contribution in [0.3, 0.4) is 0 Å². The number of carbonyl (C=O) groups excluding carboxylic acids is 1. The first kappa shape index (κ1) is 14.8. The first-order valence-electron chi connectivity index (χ1n) is 7.82. The summed E-state index contributed by atoms with van der Waals surface area (Å²) in [6, 6.07) is 1.79. The number of carbonyl (C=O) groups is 1. The van der Waals surface area contributed by atoms with E-state index in [1.807, 2.05) is 10.9 Å². The topological polar surface area (TPSA) is 78.8 Å². The summed E-state index contributed by atoms with van der Waals surface area (Å²) in [5.74, 6) is -0.0696. The Balaban J connectivity index is 1.45. The number of aromatic nitrogens is 4. The molecule has 0 spiro atoms. The number of aromatic amines is 1. The number of anilines is 1. The zero-order chi connectivity index (χ0) is 15.2. The SMILES string of the molecule is O=C(Cc1ccn[nH]1)Nc1cnn(CCN2CCCCC2)c1. The van der Waals surface area contributed by atoms with Gasteiger partial charge in [-0.1, -0.05) is 6.42 Å². The molecule has 1 saturated heterocycles. The van der Waals surface area contributed by atoms with Crippen LogP contribution in [0.1, 0.15) is 25.0 Å². The average Bonchev–Trinajstić information content (AvgIpc) is 3.18. The lowest BCUT2D eigenvalue weighted by Crippen LogP contribution is -2.32. The van der Waals surface area contributed by atoms with Crippen LogP contribution >= 0.6 is 0 Å². The van der Waals surface area contributed by atoms with E-state index in [1.54, 1.807) is 18.5 Å². The van der Waals surface area contributed by atoms with E-state index >= 15 is 0 Å². The molecule has 2 aromatic rings. The highest BCUT2D eigenvalue weighted by Gasteiger charge is 2.10. The fourth-order valence-electron chi connectivity index (χ4n) is 2.74. The molecule has 0 saturated carbocycles. The lowest BCUT2D eigenvalue weighted by Gasteiger charge is -2.26. The lowest BCUT2D eigenvalue weighted by molar-refractivity contribution is -0.115. The van der Waals surface area contributed by atoms with E-state index in [-0.39, 0.29) is 5.91 Å². The summed E-state index contributed by atoms with van der Waals surface area (Å²) < 4.78 is 1.89. The molecule has 1 aliphatic rings. The third-order valence-electron chi connectivity index (χ3n) is 3.92. The van der Waals surface area contributed by atoms with Crippen LogP contribution in [-0.4, -0.2) is 50.4 Å². The molecule has 22 heavy (non-hydrogen) atoms. The molecule has 0 bridgehead atoms. The Morgan fingerprint density at radius 2 is 2.14 bits per heavy atom. The van der Waals surface area contributed by atoms with Gasteiger partial charge in [-0.05, 0) is 32.0 Å². The number of H-pyrrole nitrogens is 1. The monoisotopic (exact) mass is 302 g/mol. The van der Waals surface area contributed by atoms with Gasteiger partial charge >= 0.3 is 0 Å². The van der Waals surface area contributed by atoms with Crippen LogP contribution in [0.25, 0.3) is 0 Å². The minimum Gasteiger partial charge on any atom is -0.323 e. The van der Waals surface area contributed by atoms with Crippen molar-refractivity contribution < 1.29 is 4.79 Å². The van der Waals surface area contributed by atoms with Crippen LogP contribution in [-0.2, 0) is 17.8 Å². The molecule has 1 amide bonds. The number of likely N-dealkylation sites (tertiary alicyclic amines) is 1. The van der Waals surface area contributed by atoms with E-state index in [4.69, 9.17) is 0 Å². The molecular formula is C15H22N6O. The highest BCUT2D eigenvalue weighted by atomic mass is 16.1. The molecular weight excluding hydrogens is 280 g/mol. The molecule has 7 nitrogen and oxygen atoms in total. The first-order valence-corrected chi connectivity index (χ1v) is 7.82. The lowest BCUT2D eigenvalue weighted by atomic mass is 10.1. The first-order chi connectivity index (χ1) is 10.8. The Morgan fingerprint density at radius 3 is 2.91 bits per heavy atom. The van der Waals surface area contributed by atoms with Crippen LogP contribution in [0.4, 0.5) is 5.69 Å². The maximum atomic E-state index is 11.9. The third-order valence-corrected chi connectivity index (χ3v) is 3.92. The normalized spacial score (nSPS) is 15.8. The van der Waals surface area contributed by atoms with Crippen molar-refractivity contribution in [3.63, 3.8) is 0 Å². The van der Waals surface area contributed by atoms with Gasteiger partial charge in [0.2, 0.25) is 5.91 Å². The minimum atomic E-state index is -0.0696. The average molecular weight is 302 g/mol. The fourth-order valence-corrected chi connectivity index (χ4v) is 2.74. The summed E-state index contributed by atoms with van der Waals surface area (Å²) in [5, 5.41) is 13.8. The predicted octanol–water partition coefficient (Wildman–Crippen LogP) is 1.27. The van der Waals surface area contributed by atoms with Gasteiger partial charge in [0.25, 0.3) is 0 Å². The van der Waals surface area contributed by atoms with Gasteiger partial charge in [-0.15, -0.1) is 0 Å². The molecule has 3 heterocycles. The maximum absolute atomic E-state index is 11.9. The van der Waals surface area contributed by atoms with E-state index < -0.39 is 0 Å². The van der Waals surface area contributed by atoms with Crippen molar-refractivity contribution in [3.05, 3.63) is 30.4 Å². The van der Waals surface area contributed by atoms with Gasteiger partial charge in [0.15, 0.2) is 0 Å². The molecule has 2 N–H and O–H groups in total. The zero-order valence-corrected chi connectivity index (χ0v) is 12.7. The van der Waals surface area contributed by atoms with Gasteiger partial charge in [-0.25, -0.2) is 0 Å². The summed E-state index contributed by atoms with van der Waals surface area (Å²) in [6.45, 7) is 4.25. The molecule has 1 aliphatic heterocycles. The molecule has 2 aromatic heterocycles. The number of hydrogen-bond acceptors (Lipinski definition) is 4.